The summed E-state index contributed by atoms with van der Waals surface area (Å²) in [4.78, 5) is 19.0. The lowest BCUT2D eigenvalue weighted by atomic mass is 10.0. The first-order chi connectivity index (χ1) is 17.0. The van der Waals surface area contributed by atoms with Gasteiger partial charge in [-0.15, -0.1) is 0 Å². The molecule has 1 aromatic heterocycles. The van der Waals surface area contributed by atoms with Crippen molar-refractivity contribution in [1.29, 1.82) is 0 Å². The second-order valence-electron chi connectivity index (χ2n) is 9.44. The average Bonchev–Trinajstić information content (AvgIpc) is 3.31. The minimum Gasteiger partial charge on any atom is -0.492 e. The molecule has 2 N–H and O–H groups in total. The number of pyridine rings is 1. The van der Waals surface area contributed by atoms with Gasteiger partial charge in [0.2, 0.25) is 0 Å². The molecule has 3 atom stereocenters. The zero-order chi connectivity index (χ0) is 24.6. The normalized spacial score (nSPS) is 19.5. The maximum atomic E-state index is 12.3. The Bertz CT molecular complexity index is 987. The Hall–Kier alpha value is -1.91. The first kappa shape index (κ1) is 26.2. The predicted octanol–water partition coefficient (Wildman–Crippen LogP) is 4.88. The van der Waals surface area contributed by atoms with Crippen LogP contribution in [0.15, 0.2) is 36.4 Å². The molecule has 0 radical (unpaired) electrons. The van der Waals surface area contributed by atoms with E-state index in [1.807, 2.05) is 29.2 Å². The van der Waals surface area contributed by atoms with Gasteiger partial charge in [-0.25, -0.2) is 4.98 Å². The number of fused-ring (bicyclic) bond motifs is 1. The van der Waals surface area contributed by atoms with Gasteiger partial charge in [-0.05, 0) is 56.2 Å². The second-order valence-corrected chi connectivity index (χ2v) is 11.6. The lowest BCUT2D eigenvalue weighted by molar-refractivity contribution is -0.143. The zero-order valence-electron chi connectivity index (χ0n) is 20.4. The van der Waals surface area contributed by atoms with E-state index in [9.17, 15) is 9.90 Å². The number of nitrogens with one attached hydrogen (secondary N) is 1. The summed E-state index contributed by atoms with van der Waals surface area (Å²) in [6.45, 7) is 5.63. The van der Waals surface area contributed by atoms with Crippen molar-refractivity contribution in [3.05, 3.63) is 53.2 Å². The van der Waals surface area contributed by atoms with Gasteiger partial charge in [0.05, 0.1) is 12.7 Å². The molecule has 1 unspecified atom stereocenters. The predicted molar refractivity (Wildman–Crippen MR) is 146 cm³/mol. The molecule has 1 fully saturated rings. The van der Waals surface area contributed by atoms with Crippen LogP contribution < -0.4 is 10.1 Å². The van der Waals surface area contributed by atoms with Crippen molar-refractivity contribution in [3.63, 3.8) is 0 Å². The van der Waals surface area contributed by atoms with Gasteiger partial charge < -0.3 is 19.9 Å². The van der Waals surface area contributed by atoms with Crippen LogP contribution in [-0.2, 0) is 22.4 Å². The molecule has 4 rings (SSSR count). The molecule has 3 heterocycles. The summed E-state index contributed by atoms with van der Waals surface area (Å²) in [5, 5.41) is 13.5. The average molecular weight is 594 g/mol. The topological polar surface area (TPSA) is 83.9 Å². The number of aryl methyl sites for hydroxylation is 2. The number of hydrogen-bond donors (Lipinski definition) is 2. The van der Waals surface area contributed by atoms with Crippen molar-refractivity contribution in [2.24, 2.45) is 0 Å². The molecule has 1 aromatic carbocycles. The van der Waals surface area contributed by atoms with Crippen molar-refractivity contribution in [2.45, 2.75) is 61.5 Å². The van der Waals surface area contributed by atoms with Gasteiger partial charge in [0, 0.05) is 41.4 Å². The van der Waals surface area contributed by atoms with Gasteiger partial charge in [0.25, 0.3) is 0 Å². The number of ether oxygens (including phenoxy) is 2. The minimum absolute atomic E-state index is 0.0605. The third-order valence-corrected chi connectivity index (χ3v) is 6.95. The third-order valence-electron chi connectivity index (χ3n) is 6.59. The van der Waals surface area contributed by atoms with Crippen molar-refractivity contribution < 1.29 is 19.4 Å². The smallest absolute Gasteiger partial charge is 0.325 e. The number of likely N-dealkylation sites (tertiary alicyclic amines) is 1. The Labute approximate surface area is 221 Å². The standard InChI is InChI=1S/C27H36IN3O4/c1-19(28)18-35-24-10-3-2-9-23(24)25(27(32)33)31-15-13-22(17-31)34-16-5-4-8-21-12-11-20-7-6-14-29-26(20)30-21/h2-3,9-12,19,22,25H,4-8,13-18H2,1H3,(H,29,30)(H,32,33)/t19?,22-,25+/m1/s1. The van der Waals surface area contributed by atoms with Crippen LogP contribution in [0.3, 0.4) is 0 Å². The summed E-state index contributed by atoms with van der Waals surface area (Å²) < 4.78 is 12.4. The number of carbonyl (C=O) groups is 1. The molecule has 2 aromatic rings. The summed E-state index contributed by atoms with van der Waals surface area (Å²) in [6.07, 6.45) is 6.13. The number of hydrogen-bond acceptors (Lipinski definition) is 6. The number of alkyl halides is 1. The van der Waals surface area contributed by atoms with E-state index < -0.39 is 12.0 Å². The summed E-state index contributed by atoms with van der Waals surface area (Å²) in [7, 11) is 0. The van der Waals surface area contributed by atoms with Gasteiger partial charge in [-0.3, -0.25) is 9.69 Å². The zero-order valence-corrected chi connectivity index (χ0v) is 22.6. The van der Waals surface area contributed by atoms with Crippen LogP contribution in [0, 0.1) is 0 Å². The van der Waals surface area contributed by atoms with Crippen LogP contribution in [-0.4, -0.2) is 63.8 Å². The highest BCUT2D eigenvalue weighted by molar-refractivity contribution is 14.1. The molecular formula is C27H36IN3O4. The van der Waals surface area contributed by atoms with Gasteiger partial charge in [0.1, 0.15) is 17.6 Å². The highest BCUT2D eigenvalue weighted by Gasteiger charge is 2.35. The first-order valence-corrected chi connectivity index (χ1v) is 13.9. The molecule has 190 valence electrons. The second kappa shape index (κ2) is 12.9. The van der Waals surface area contributed by atoms with E-state index in [1.165, 1.54) is 12.0 Å². The molecule has 0 amide bonds. The molecule has 2 aliphatic heterocycles. The molecule has 0 aliphatic carbocycles. The van der Waals surface area contributed by atoms with Gasteiger partial charge in [-0.1, -0.05) is 53.8 Å². The number of aliphatic carboxylic acids is 1. The van der Waals surface area contributed by atoms with Crippen molar-refractivity contribution in [2.75, 3.05) is 38.2 Å². The van der Waals surface area contributed by atoms with Crippen molar-refractivity contribution in [1.82, 2.24) is 9.88 Å². The van der Waals surface area contributed by atoms with E-state index in [4.69, 9.17) is 14.5 Å². The number of carboxylic acid groups (broad SMARTS) is 1. The van der Waals surface area contributed by atoms with E-state index in [2.05, 4.69) is 47.0 Å². The fourth-order valence-electron chi connectivity index (χ4n) is 4.82. The first-order valence-electron chi connectivity index (χ1n) is 12.7. The highest BCUT2D eigenvalue weighted by atomic mass is 127. The third kappa shape index (κ3) is 7.30. The molecule has 0 bridgehead atoms. The number of anilines is 1. The molecule has 35 heavy (non-hydrogen) atoms. The van der Waals surface area contributed by atoms with Crippen molar-refractivity contribution in [3.8, 4) is 5.75 Å². The maximum Gasteiger partial charge on any atom is 0.325 e. The quantitative estimate of drug-likeness (QED) is 0.206. The lowest BCUT2D eigenvalue weighted by Crippen LogP contribution is -2.34. The van der Waals surface area contributed by atoms with Crippen LogP contribution in [0.2, 0.25) is 0 Å². The van der Waals surface area contributed by atoms with E-state index in [1.54, 1.807) is 0 Å². The SMILES string of the molecule is CC(I)COc1ccccc1[C@@H](C(=O)O)N1CC[C@@H](OCCCCc2ccc3c(n2)NCCC3)C1. The molecule has 0 spiro atoms. The summed E-state index contributed by atoms with van der Waals surface area (Å²) in [5.41, 5.74) is 3.17. The molecule has 8 heteroatoms. The Morgan fingerprint density at radius 3 is 2.97 bits per heavy atom. The number of aromatic nitrogens is 1. The number of unbranched alkanes of at least 4 members (excludes halogenated alkanes) is 1. The molecule has 1 saturated heterocycles. The number of rotatable bonds is 12. The number of para-hydroxylation sites is 1. The van der Waals surface area contributed by atoms with E-state index >= 15 is 0 Å². The Kier molecular flexibility index (Phi) is 9.62. The number of halogens is 1. The van der Waals surface area contributed by atoms with Gasteiger partial charge in [-0.2, -0.15) is 0 Å². The van der Waals surface area contributed by atoms with Crippen LogP contribution >= 0.6 is 22.6 Å². The summed E-state index contributed by atoms with van der Waals surface area (Å²) in [5.74, 6) is 0.856. The Morgan fingerprint density at radius 2 is 2.14 bits per heavy atom. The fourth-order valence-corrected chi connectivity index (χ4v) is 5.00. The molecule has 0 saturated carbocycles. The molecular weight excluding hydrogens is 557 g/mol. The maximum absolute atomic E-state index is 12.3. The lowest BCUT2D eigenvalue weighted by Gasteiger charge is -2.26. The number of benzene rings is 1. The Morgan fingerprint density at radius 1 is 1.29 bits per heavy atom. The van der Waals surface area contributed by atoms with Crippen LogP contribution in [0.1, 0.15) is 55.5 Å². The van der Waals surface area contributed by atoms with Gasteiger partial charge >= 0.3 is 5.97 Å². The van der Waals surface area contributed by atoms with Crippen molar-refractivity contribution >= 4 is 34.4 Å². The van der Waals surface area contributed by atoms with E-state index in [0.29, 0.717) is 41.5 Å². The largest absolute Gasteiger partial charge is 0.492 e. The molecule has 7 nitrogen and oxygen atoms in total. The van der Waals surface area contributed by atoms with Crippen LogP contribution in [0.4, 0.5) is 5.82 Å². The van der Waals surface area contributed by atoms with E-state index in [0.717, 1.165) is 50.2 Å². The highest BCUT2D eigenvalue weighted by Crippen LogP contribution is 2.33. The van der Waals surface area contributed by atoms with E-state index in [-0.39, 0.29) is 6.10 Å². The monoisotopic (exact) mass is 593 g/mol. The Balaban J connectivity index is 1.24. The molecule has 2 aliphatic rings. The summed E-state index contributed by atoms with van der Waals surface area (Å²) >= 11 is 2.31. The fraction of sp³-hybridized carbons (Fsp3) is 0.556. The van der Waals surface area contributed by atoms with Gasteiger partial charge in [0.15, 0.2) is 0 Å². The minimum atomic E-state index is -0.851. The summed E-state index contributed by atoms with van der Waals surface area (Å²) in [6, 6.07) is 11.1. The van der Waals surface area contributed by atoms with Crippen LogP contribution in [0.25, 0.3) is 0 Å². The van der Waals surface area contributed by atoms with Crippen LogP contribution in [0.5, 0.6) is 5.75 Å². The number of carboxylic acids is 1. The number of nitrogens with zero attached hydrogens (tertiary/aromatic N) is 2.